The van der Waals surface area contributed by atoms with Gasteiger partial charge in [0.25, 0.3) is 0 Å². The summed E-state index contributed by atoms with van der Waals surface area (Å²) in [7, 11) is 0. The largest absolute Gasteiger partial charge is 0.415 e. The van der Waals surface area contributed by atoms with Crippen LogP contribution in [0, 0.1) is 6.07 Å². The maximum absolute atomic E-state index is 11.5. The molecule has 14 heavy (non-hydrogen) atoms. The molecule has 1 radical (unpaired) electrons. The van der Waals surface area contributed by atoms with Crippen LogP contribution in [0.3, 0.4) is 0 Å². The lowest BCUT2D eigenvalue weighted by molar-refractivity contribution is 0.162. The Balaban J connectivity index is 1.94. The number of ether oxygens (including phenoxy) is 1. The number of carbonyl (C=O) groups excluding carboxylic acids is 1. The topological polar surface area (TPSA) is 29.5 Å². The van der Waals surface area contributed by atoms with E-state index in [4.69, 9.17) is 4.74 Å². The van der Waals surface area contributed by atoms with Gasteiger partial charge in [0, 0.05) is 19.2 Å². The number of hydrogen-bond acceptors (Lipinski definition) is 2. The summed E-state index contributed by atoms with van der Waals surface area (Å²) in [6.07, 6.45) is 1.89. The molecule has 0 spiro atoms. The van der Waals surface area contributed by atoms with E-state index in [0.717, 1.165) is 25.9 Å². The molecule has 0 N–H and O–H groups in total. The molecule has 0 saturated carbocycles. The molecule has 2 rings (SSSR count). The summed E-state index contributed by atoms with van der Waals surface area (Å²) in [4.78, 5) is 13.2. The summed E-state index contributed by atoms with van der Waals surface area (Å²) in [5.74, 6) is 0.490. The molecule has 1 aromatic rings. The van der Waals surface area contributed by atoms with Crippen LogP contribution in [0.5, 0.6) is 5.75 Å². The summed E-state index contributed by atoms with van der Waals surface area (Å²) in [6, 6.07) is 9.97. The van der Waals surface area contributed by atoms with Crippen LogP contribution in [0.15, 0.2) is 24.3 Å². The molecule has 1 aliphatic heterocycles. The Labute approximate surface area is 83.3 Å². The van der Waals surface area contributed by atoms with Crippen molar-refractivity contribution in [3.63, 3.8) is 0 Å². The zero-order chi connectivity index (χ0) is 9.80. The fourth-order valence-corrected chi connectivity index (χ4v) is 1.50. The molecular formula is C11H12NO2. The molecule has 0 bridgehead atoms. The van der Waals surface area contributed by atoms with Gasteiger partial charge >= 0.3 is 6.09 Å². The van der Waals surface area contributed by atoms with Crippen LogP contribution in [0.25, 0.3) is 0 Å². The fourth-order valence-electron chi connectivity index (χ4n) is 1.50. The van der Waals surface area contributed by atoms with E-state index in [2.05, 4.69) is 6.07 Å². The van der Waals surface area contributed by atoms with E-state index in [1.165, 1.54) is 0 Å². The molecule has 0 unspecified atom stereocenters. The van der Waals surface area contributed by atoms with Gasteiger partial charge in [0.15, 0.2) is 0 Å². The van der Waals surface area contributed by atoms with Crippen molar-refractivity contribution in [3.8, 4) is 5.75 Å². The van der Waals surface area contributed by atoms with Crippen molar-refractivity contribution in [2.45, 2.75) is 12.8 Å². The van der Waals surface area contributed by atoms with E-state index < -0.39 is 0 Å². The third-order valence-electron chi connectivity index (χ3n) is 2.24. The van der Waals surface area contributed by atoms with E-state index in [1.54, 1.807) is 17.0 Å². The molecule has 0 aliphatic carbocycles. The van der Waals surface area contributed by atoms with Crippen LogP contribution in [-0.4, -0.2) is 24.1 Å². The third kappa shape index (κ3) is 2.05. The molecular weight excluding hydrogens is 178 g/mol. The third-order valence-corrected chi connectivity index (χ3v) is 2.24. The van der Waals surface area contributed by atoms with E-state index in [9.17, 15) is 4.79 Å². The van der Waals surface area contributed by atoms with Gasteiger partial charge in [0.1, 0.15) is 5.75 Å². The van der Waals surface area contributed by atoms with E-state index in [0.29, 0.717) is 5.75 Å². The Kier molecular flexibility index (Phi) is 2.68. The predicted molar refractivity (Wildman–Crippen MR) is 52.1 cm³/mol. The summed E-state index contributed by atoms with van der Waals surface area (Å²) in [5, 5.41) is 0. The van der Waals surface area contributed by atoms with Gasteiger partial charge in [0.2, 0.25) is 0 Å². The first-order valence-corrected chi connectivity index (χ1v) is 4.80. The monoisotopic (exact) mass is 190 g/mol. The number of nitrogens with zero attached hydrogens (tertiary/aromatic N) is 1. The molecule has 3 heteroatoms. The van der Waals surface area contributed by atoms with Gasteiger partial charge in [-0.05, 0) is 18.9 Å². The lowest BCUT2D eigenvalue weighted by Gasteiger charge is -2.14. The number of carbonyl (C=O) groups is 1. The van der Waals surface area contributed by atoms with Gasteiger partial charge in [-0.2, -0.15) is 0 Å². The van der Waals surface area contributed by atoms with Crippen LogP contribution in [0.4, 0.5) is 4.79 Å². The number of amides is 1. The number of likely N-dealkylation sites (tertiary alicyclic amines) is 1. The second kappa shape index (κ2) is 4.13. The van der Waals surface area contributed by atoms with Crippen molar-refractivity contribution in [3.05, 3.63) is 30.3 Å². The predicted octanol–water partition coefficient (Wildman–Crippen LogP) is 2.08. The zero-order valence-electron chi connectivity index (χ0n) is 7.90. The van der Waals surface area contributed by atoms with Crippen LogP contribution in [-0.2, 0) is 0 Å². The van der Waals surface area contributed by atoms with Crippen molar-refractivity contribution in [1.82, 2.24) is 4.90 Å². The normalized spacial score (nSPS) is 15.6. The molecule has 1 amide bonds. The molecule has 1 saturated heterocycles. The molecule has 73 valence electrons. The molecule has 1 aromatic carbocycles. The highest BCUT2D eigenvalue weighted by Crippen LogP contribution is 2.13. The lowest BCUT2D eigenvalue weighted by Crippen LogP contribution is -2.30. The average Bonchev–Trinajstić information content (AvgIpc) is 2.72. The standard InChI is InChI=1S/C11H12NO2/c13-11(12-8-4-5-9-12)14-10-6-2-1-3-7-10/h1-3,6H,4-5,8-9H2. The van der Waals surface area contributed by atoms with Crippen molar-refractivity contribution >= 4 is 6.09 Å². The Hall–Kier alpha value is -1.51. The first-order valence-electron chi connectivity index (χ1n) is 4.80. The highest BCUT2D eigenvalue weighted by Gasteiger charge is 2.19. The first kappa shape index (κ1) is 9.06. The van der Waals surface area contributed by atoms with Gasteiger partial charge < -0.3 is 9.64 Å². The van der Waals surface area contributed by atoms with Gasteiger partial charge in [0.05, 0.1) is 0 Å². The van der Waals surface area contributed by atoms with Gasteiger partial charge in [-0.3, -0.25) is 0 Å². The van der Waals surface area contributed by atoms with Crippen LogP contribution in [0.1, 0.15) is 12.8 Å². The van der Waals surface area contributed by atoms with E-state index >= 15 is 0 Å². The Bertz CT molecular complexity index is 304. The Morgan fingerprint density at radius 3 is 2.79 bits per heavy atom. The maximum atomic E-state index is 11.5. The molecule has 0 aromatic heterocycles. The second-order valence-corrected chi connectivity index (χ2v) is 3.29. The quantitative estimate of drug-likeness (QED) is 0.678. The summed E-state index contributed by atoms with van der Waals surface area (Å²) in [6.45, 7) is 1.62. The van der Waals surface area contributed by atoms with Crippen molar-refractivity contribution < 1.29 is 9.53 Å². The molecule has 3 nitrogen and oxygen atoms in total. The molecule has 1 fully saturated rings. The number of para-hydroxylation sites is 1. The van der Waals surface area contributed by atoms with Crippen LogP contribution in [0.2, 0.25) is 0 Å². The summed E-state index contributed by atoms with van der Waals surface area (Å²) < 4.78 is 5.13. The highest BCUT2D eigenvalue weighted by atomic mass is 16.6. The van der Waals surface area contributed by atoms with Gasteiger partial charge in [-0.25, -0.2) is 4.79 Å². The summed E-state index contributed by atoms with van der Waals surface area (Å²) >= 11 is 0. The molecule has 1 heterocycles. The highest BCUT2D eigenvalue weighted by molar-refractivity contribution is 5.70. The Morgan fingerprint density at radius 2 is 2.14 bits per heavy atom. The van der Waals surface area contributed by atoms with E-state index in [1.807, 2.05) is 12.1 Å². The second-order valence-electron chi connectivity index (χ2n) is 3.29. The lowest BCUT2D eigenvalue weighted by atomic mass is 10.3. The average molecular weight is 190 g/mol. The minimum absolute atomic E-state index is 0.259. The molecule has 0 atom stereocenters. The van der Waals surface area contributed by atoms with Crippen molar-refractivity contribution in [2.75, 3.05) is 13.1 Å². The van der Waals surface area contributed by atoms with Crippen molar-refractivity contribution in [2.24, 2.45) is 0 Å². The summed E-state index contributed by atoms with van der Waals surface area (Å²) in [5.41, 5.74) is 0. The van der Waals surface area contributed by atoms with E-state index in [-0.39, 0.29) is 6.09 Å². The number of rotatable bonds is 1. The number of hydrogen-bond donors (Lipinski definition) is 0. The SMILES string of the molecule is O=C(Oc1[c]cccc1)N1CCCC1. The van der Waals surface area contributed by atoms with Gasteiger partial charge in [-0.15, -0.1) is 0 Å². The minimum Gasteiger partial charge on any atom is -0.410 e. The zero-order valence-corrected chi connectivity index (χ0v) is 7.90. The fraction of sp³-hybridized carbons (Fsp3) is 0.364. The Morgan fingerprint density at radius 1 is 1.36 bits per heavy atom. The minimum atomic E-state index is -0.259. The molecule has 1 aliphatic rings. The van der Waals surface area contributed by atoms with Gasteiger partial charge in [-0.1, -0.05) is 18.2 Å². The first-order chi connectivity index (χ1) is 6.86. The van der Waals surface area contributed by atoms with Crippen LogP contribution < -0.4 is 4.74 Å². The smallest absolute Gasteiger partial charge is 0.410 e. The maximum Gasteiger partial charge on any atom is 0.415 e. The van der Waals surface area contributed by atoms with Crippen LogP contribution >= 0.6 is 0 Å². The van der Waals surface area contributed by atoms with Crippen molar-refractivity contribution in [1.29, 1.82) is 0 Å². The number of benzene rings is 1.